The molecule has 1 aromatic carbocycles. The van der Waals surface area contributed by atoms with Crippen molar-refractivity contribution in [2.24, 2.45) is 0 Å². The zero-order chi connectivity index (χ0) is 21.8. The fraction of sp³-hybridized carbons (Fsp3) is 0.409. The number of hydrogen-bond acceptors (Lipinski definition) is 5. The Labute approximate surface area is 190 Å². The summed E-state index contributed by atoms with van der Waals surface area (Å²) in [5.74, 6) is 1.36. The maximum Gasteiger partial charge on any atom is 0.236 e. The summed E-state index contributed by atoms with van der Waals surface area (Å²) in [6.45, 7) is 10.7. The highest BCUT2D eigenvalue weighted by molar-refractivity contribution is 9.10. The first-order chi connectivity index (χ1) is 14.3. The van der Waals surface area contributed by atoms with E-state index in [2.05, 4.69) is 38.3 Å². The SMILES string of the molecule is CC(Sc1nnc(-c2ccc(Br)o2)n1Cc1ccccc1)C(=O)N(C(C)C)C(C)C. The van der Waals surface area contributed by atoms with Crippen molar-refractivity contribution in [3.8, 4) is 11.6 Å². The van der Waals surface area contributed by atoms with Crippen LogP contribution in [0.1, 0.15) is 40.2 Å². The number of halogens is 1. The summed E-state index contributed by atoms with van der Waals surface area (Å²) < 4.78 is 8.36. The molecule has 160 valence electrons. The second-order valence-corrected chi connectivity index (χ2v) is 9.76. The number of nitrogens with zero attached hydrogens (tertiary/aromatic N) is 4. The normalized spacial score (nSPS) is 12.5. The van der Waals surface area contributed by atoms with Gasteiger partial charge in [-0.25, -0.2) is 0 Å². The molecule has 3 rings (SSSR count). The van der Waals surface area contributed by atoms with Crippen molar-refractivity contribution in [2.45, 2.75) is 63.7 Å². The molecule has 0 fully saturated rings. The number of aromatic nitrogens is 3. The molecule has 6 nitrogen and oxygen atoms in total. The molecule has 0 aliphatic heterocycles. The lowest BCUT2D eigenvalue weighted by atomic mass is 10.2. The van der Waals surface area contributed by atoms with Gasteiger partial charge in [0, 0.05) is 12.1 Å². The molecule has 0 aliphatic carbocycles. The van der Waals surface area contributed by atoms with Gasteiger partial charge in [0.05, 0.1) is 11.8 Å². The molecule has 0 radical (unpaired) electrons. The van der Waals surface area contributed by atoms with E-state index in [1.165, 1.54) is 11.8 Å². The van der Waals surface area contributed by atoms with E-state index in [1.54, 1.807) is 0 Å². The Balaban J connectivity index is 1.92. The summed E-state index contributed by atoms with van der Waals surface area (Å²) in [6.07, 6.45) is 0. The van der Waals surface area contributed by atoms with Crippen molar-refractivity contribution in [1.82, 2.24) is 19.7 Å². The molecule has 1 atom stereocenters. The number of furan rings is 1. The fourth-order valence-electron chi connectivity index (χ4n) is 3.42. The summed E-state index contributed by atoms with van der Waals surface area (Å²) in [5.41, 5.74) is 1.12. The highest BCUT2D eigenvalue weighted by Gasteiger charge is 2.28. The molecule has 1 unspecified atom stereocenters. The second-order valence-electron chi connectivity index (χ2n) is 7.67. The summed E-state index contributed by atoms with van der Waals surface area (Å²) in [6, 6.07) is 14.1. The van der Waals surface area contributed by atoms with E-state index in [4.69, 9.17) is 4.42 Å². The van der Waals surface area contributed by atoms with Crippen LogP contribution < -0.4 is 0 Å². The Morgan fingerprint density at radius 2 is 1.73 bits per heavy atom. The Morgan fingerprint density at radius 1 is 1.07 bits per heavy atom. The quantitative estimate of drug-likeness (QED) is 0.391. The molecule has 8 heteroatoms. The Kier molecular flexibility index (Phi) is 7.41. The Bertz CT molecular complexity index is 976. The molecule has 30 heavy (non-hydrogen) atoms. The number of amides is 1. The highest BCUT2D eigenvalue weighted by Crippen LogP contribution is 2.30. The smallest absolute Gasteiger partial charge is 0.236 e. The minimum absolute atomic E-state index is 0.0987. The van der Waals surface area contributed by atoms with Gasteiger partial charge in [-0.1, -0.05) is 42.1 Å². The van der Waals surface area contributed by atoms with E-state index < -0.39 is 0 Å². The van der Waals surface area contributed by atoms with Crippen LogP contribution in [0.15, 0.2) is 56.7 Å². The zero-order valence-electron chi connectivity index (χ0n) is 17.9. The Hall–Kier alpha value is -2.06. The van der Waals surface area contributed by atoms with Gasteiger partial charge in [-0.05, 0) is 68.2 Å². The molecule has 0 saturated carbocycles. The average Bonchev–Trinajstić information content (AvgIpc) is 3.28. The molecule has 0 saturated heterocycles. The predicted molar refractivity (Wildman–Crippen MR) is 123 cm³/mol. The molecule has 2 heterocycles. The molecule has 0 bridgehead atoms. The minimum atomic E-state index is -0.287. The number of carbonyl (C=O) groups excluding carboxylic acids is 1. The zero-order valence-corrected chi connectivity index (χ0v) is 20.3. The summed E-state index contributed by atoms with van der Waals surface area (Å²) in [7, 11) is 0. The van der Waals surface area contributed by atoms with Crippen LogP contribution in [-0.2, 0) is 11.3 Å². The summed E-state index contributed by atoms with van der Waals surface area (Å²) in [4.78, 5) is 15.0. The van der Waals surface area contributed by atoms with Gasteiger partial charge in [0.2, 0.25) is 11.7 Å². The van der Waals surface area contributed by atoms with Crippen molar-refractivity contribution in [3.63, 3.8) is 0 Å². The highest BCUT2D eigenvalue weighted by atomic mass is 79.9. The van der Waals surface area contributed by atoms with Crippen molar-refractivity contribution in [1.29, 1.82) is 0 Å². The van der Waals surface area contributed by atoms with Crippen molar-refractivity contribution >= 4 is 33.6 Å². The van der Waals surface area contributed by atoms with Crippen LogP contribution in [0.3, 0.4) is 0 Å². The standard InChI is InChI=1S/C22H27BrN4O2S/c1-14(2)27(15(3)4)21(28)16(5)30-22-25-24-20(18-11-12-19(23)29-18)26(22)13-17-9-7-6-8-10-17/h6-12,14-16H,13H2,1-5H3. The summed E-state index contributed by atoms with van der Waals surface area (Å²) in [5, 5.41) is 9.18. The number of carbonyl (C=O) groups is 1. The van der Waals surface area contributed by atoms with E-state index in [0.29, 0.717) is 28.0 Å². The third-order valence-electron chi connectivity index (χ3n) is 4.69. The molecular weight excluding hydrogens is 464 g/mol. The number of hydrogen-bond donors (Lipinski definition) is 0. The molecule has 2 aromatic heterocycles. The monoisotopic (exact) mass is 490 g/mol. The first-order valence-corrected chi connectivity index (χ1v) is 11.7. The van der Waals surface area contributed by atoms with E-state index in [1.807, 2.05) is 74.4 Å². The van der Waals surface area contributed by atoms with Crippen LogP contribution in [0.2, 0.25) is 0 Å². The van der Waals surface area contributed by atoms with Gasteiger partial charge < -0.3 is 9.32 Å². The van der Waals surface area contributed by atoms with Crippen molar-refractivity contribution in [2.75, 3.05) is 0 Å². The third kappa shape index (κ3) is 5.16. The van der Waals surface area contributed by atoms with Crippen LogP contribution in [0, 0.1) is 0 Å². The molecule has 3 aromatic rings. The number of thioether (sulfide) groups is 1. The van der Waals surface area contributed by atoms with Crippen LogP contribution in [0.5, 0.6) is 0 Å². The van der Waals surface area contributed by atoms with Crippen LogP contribution >= 0.6 is 27.7 Å². The topological polar surface area (TPSA) is 64.2 Å². The van der Waals surface area contributed by atoms with Crippen LogP contribution in [0.4, 0.5) is 0 Å². The maximum atomic E-state index is 13.1. The maximum absolute atomic E-state index is 13.1. The van der Waals surface area contributed by atoms with E-state index in [0.717, 1.165) is 5.56 Å². The lowest BCUT2D eigenvalue weighted by Crippen LogP contribution is -2.45. The van der Waals surface area contributed by atoms with Gasteiger partial charge in [0.1, 0.15) is 0 Å². The molecule has 0 aliphatic rings. The van der Waals surface area contributed by atoms with Crippen molar-refractivity contribution in [3.05, 3.63) is 52.7 Å². The van der Waals surface area contributed by atoms with Crippen LogP contribution in [0.25, 0.3) is 11.6 Å². The minimum Gasteiger partial charge on any atom is -0.446 e. The van der Waals surface area contributed by atoms with E-state index in [9.17, 15) is 4.79 Å². The number of rotatable bonds is 8. The number of benzene rings is 1. The van der Waals surface area contributed by atoms with E-state index in [-0.39, 0.29) is 23.2 Å². The molecule has 0 N–H and O–H groups in total. The predicted octanol–water partition coefficient (Wildman–Crippen LogP) is 5.47. The van der Waals surface area contributed by atoms with Crippen LogP contribution in [-0.4, -0.2) is 42.9 Å². The van der Waals surface area contributed by atoms with Gasteiger partial charge in [-0.3, -0.25) is 9.36 Å². The second kappa shape index (κ2) is 9.83. The largest absolute Gasteiger partial charge is 0.446 e. The molecule has 1 amide bonds. The van der Waals surface area contributed by atoms with Crippen molar-refractivity contribution < 1.29 is 9.21 Å². The van der Waals surface area contributed by atoms with Gasteiger partial charge >= 0.3 is 0 Å². The first-order valence-electron chi connectivity index (χ1n) is 9.99. The lowest BCUT2D eigenvalue weighted by Gasteiger charge is -2.32. The Morgan fingerprint density at radius 3 is 2.30 bits per heavy atom. The summed E-state index contributed by atoms with van der Waals surface area (Å²) >= 11 is 4.78. The van der Waals surface area contributed by atoms with Gasteiger partial charge in [-0.15, -0.1) is 10.2 Å². The molecule has 0 spiro atoms. The lowest BCUT2D eigenvalue weighted by molar-refractivity contribution is -0.133. The molecular formula is C22H27BrN4O2S. The third-order valence-corrected chi connectivity index (χ3v) is 6.19. The van der Waals surface area contributed by atoms with Gasteiger partial charge in [-0.2, -0.15) is 0 Å². The van der Waals surface area contributed by atoms with Gasteiger partial charge in [0.25, 0.3) is 0 Å². The first kappa shape index (κ1) is 22.6. The fourth-order valence-corrected chi connectivity index (χ4v) is 4.64. The average molecular weight is 491 g/mol. The van der Waals surface area contributed by atoms with Gasteiger partial charge in [0.15, 0.2) is 15.6 Å². The van der Waals surface area contributed by atoms with E-state index >= 15 is 0 Å².